The van der Waals surface area contributed by atoms with Crippen LogP contribution in [0.25, 0.3) is 0 Å². The van der Waals surface area contributed by atoms with Crippen molar-refractivity contribution in [2.75, 3.05) is 32.4 Å². The Hall–Kier alpha value is -1.86. The van der Waals surface area contributed by atoms with Gasteiger partial charge in [0.15, 0.2) is 5.69 Å². The van der Waals surface area contributed by atoms with Crippen LogP contribution in [0.1, 0.15) is 23.3 Å². The summed E-state index contributed by atoms with van der Waals surface area (Å²) >= 11 is 1.75. The van der Waals surface area contributed by atoms with Gasteiger partial charge in [0.05, 0.1) is 6.20 Å². The normalized spacial score (nSPS) is 17.4. The standard InChI is InChI=1S/C18H25N5OS/c1-22(10-11-25-16-7-3-2-4-8-16)18(24)17-14-23(21-20-17)13-15-6-5-9-19-12-15/h2-4,7-8,14-15,19H,5-6,9-13H2,1H3/t15-/m0/s1. The average molecular weight is 359 g/mol. The number of piperidine rings is 1. The highest BCUT2D eigenvalue weighted by Crippen LogP contribution is 2.17. The number of hydrogen-bond acceptors (Lipinski definition) is 5. The van der Waals surface area contributed by atoms with Gasteiger partial charge >= 0.3 is 0 Å². The zero-order chi connectivity index (χ0) is 17.5. The van der Waals surface area contributed by atoms with E-state index in [4.69, 9.17) is 0 Å². The van der Waals surface area contributed by atoms with Gasteiger partial charge in [-0.25, -0.2) is 0 Å². The number of thioether (sulfide) groups is 1. The fourth-order valence-electron chi connectivity index (χ4n) is 2.94. The minimum Gasteiger partial charge on any atom is -0.339 e. The summed E-state index contributed by atoms with van der Waals surface area (Å²) in [5, 5.41) is 11.6. The minimum atomic E-state index is -0.0679. The van der Waals surface area contributed by atoms with Crippen LogP contribution >= 0.6 is 11.8 Å². The summed E-state index contributed by atoms with van der Waals surface area (Å²) in [6, 6.07) is 10.2. The summed E-state index contributed by atoms with van der Waals surface area (Å²) in [4.78, 5) is 15.4. The van der Waals surface area contributed by atoms with Crippen LogP contribution in [-0.2, 0) is 6.54 Å². The lowest BCUT2D eigenvalue weighted by Gasteiger charge is -2.22. The fraction of sp³-hybridized carbons (Fsp3) is 0.500. The van der Waals surface area contributed by atoms with Crippen LogP contribution in [0, 0.1) is 5.92 Å². The predicted molar refractivity (Wildman–Crippen MR) is 99.7 cm³/mol. The van der Waals surface area contributed by atoms with E-state index >= 15 is 0 Å². The van der Waals surface area contributed by atoms with Gasteiger partial charge in [-0.3, -0.25) is 9.48 Å². The molecule has 1 N–H and O–H groups in total. The lowest BCUT2D eigenvalue weighted by atomic mass is 10.00. The maximum Gasteiger partial charge on any atom is 0.275 e. The molecule has 7 heteroatoms. The van der Waals surface area contributed by atoms with E-state index in [1.165, 1.54) is 17.7 Å². The van der Waals surface area contributed by atoms with Crippen molar-refractivity contribution in [1.29, 1.82) is 0 Å². The molecule has 0 radical (unpaired) electrons. The first-order valence-electron chi connectivity index (χ1n) is 8.76. The van der Waals surface area contributed by atoms with Gasteiger partial charge in [0.1, 0.15) is 0 Å². The van der Waals surface area contributed by atoms with Crippen LogP contribution in [0.3, 0.4) is 0 Å². The van der Waals surface area contributed by atoms with Crippen molar-refractivity contribution in [1.82, 2.24) is 25.2 Å². The highest BCUT2D eigenvalue weighted by Gasteiger charge is 2.18. The molecule has 1 aliphatic rings. The molecule has 0 unspecified atom stereocenters. The van der Waals surface area contributed by atoms with Crippen LogP contribution in [0.15, 0.2) is 41.4 Å². The second kappa shape index (κ2) is 9.01. The van der Waals surface area contributed by atoms with Crippen molar-refractivity contribution in [3.05, 3.63) is 42.2 Å². The Bertz CT molecular complexity index is 669. The molecule has 1 aromatic carbocycles. The molecule has 1 atom stereocenters. The molecule has 1 aromatic heterocycles. The van der Waals surface area contributed by atoms with Crippen molar-refractivity contribution < 1.29 is 4.79 Å². The molecule has 2 aromatic rings. The molecule has 0 bridgehead atoms. The molecule has 1 saturated heterocycles. The largest absolute Gasteiger partial charge is 0.339 e. The monoisotopic (exact) mass is 359 g/mol. The Morgan fingerprint density at radius 2 is 2.24 bits per heavy atom. The van der Waals surface area contributed by atoms with Crippen molar-refractivity contribution in [3.8, 4) is 0 Å². The number of carbonyl (C=O) groups is 1. The van der Waals surface area contributed by atoms with Gasteiger partial charge < -0.3 is 10.2 Å². The molecular weight excluding hydrogens is 334 g/mol. The first-order valence-corrected chi connectivity index (χ1v) is 9.75. The molecule has 1 aliphatic heterocycles. The number of nitrogens with one attached hydrogen (secondary N) is 1. The second-order valence-corrected chi connectivity index (χ2v) is 7.59. The summed E-state index contributed by atoms with van der Waals surface area (Å²) < 4.78 is 1.80. The molecule has 25 heavy (non-hydrogen) atoms. The van der Waals surface area contributed by atoms with Gasteiger partial charge in [-0.1, -0.05) is 23.4 Å². The molecular formula is C18H25N5OS. The van der Waals surface area contributed by atoms with Crippen molar-refractivity contribution >= 4 is 17.7 Å². The summed E-state index contributed by atoms with van der Waals surface area (Å²) in [7, 11) is 1.82. The highest BCUT2D eigenvalue weighted by atomic mass is 32.2. The summed E-state index contributed by atoms with van der Waals surface area (Å²) in [5.41, 5.74) is 0.427. The summed E-state index contributed by atoms with van der Waals surface area (Å²) in [6.07, 6.45) is 4.18. The fourth-order valence-corrected chi connectivity index (χ4v) is 3.89. The Morgan fingerprint density at radius 3 is 3.00 bits per heavy atom. The van der Waals surface area contributed by atoms with Crippen LogP contribution in [0.4, 0.5) is 0 Å². The van der Waals surface area contributed by atoms with E-state index in [1.807, 2.05) is 25.2 Å². The lowest BCUT2D eigenvalue weighted by molar-refractivity contribution is 0.0798. The average Bonchev–Trinajstić information content (AvgIpc) is 3.11. The third kappa shape index (κ3) is 5.31. The molecule has 6 nitrogen and oxygen atoms in total. The number of hydrogen-bond donors (Lipinski definition) is 1. The van der Waals surface area contributed by atoms with Gasteiger partial charge in [0, 0.05) is 30.8 Å². The third-order valence-electron chi connectivity index (χ3n) is 4.39. The number of benzene rings is 1. The van der Waals surface area contributed by atoms with E-state index in [0.29, 0.717) is 18.2 Å². The Morgan fingerprint density at radius 1 is 1.40 bits per heavy atom. The molecule has 0 aliphatic carbocycles. The molecule has 0 spiro atoms. The van der Waals surface area contributed by atoms with Crippen molar-refractivity contribution in [2.45, 2.75) is 24.3 Å². The quantitative estimate of drug-likeness (QED) is 0.768. The summed E-state index contributed by atoms with van der Waals surface area (Å²) in [5.74, 6) is 1.36. The summed E-state index contributed by atoms with van der Waals surface area (Å²) in [6.45, 7) is 3.61. The van der Waals surface area contributed by atoms with Crippen molar-refractivity contribution in [2.24, 2.45) is 5.92 Å². The molecule has 1 amide bonds. The number of aromatic nitrogens is 3. The molecule has 2 heterocycles. The van der Waals surface area contributed by atoms with Crippen molar-refractivity contribution in [3.63, 3.8) is 0 Å². The molecule has 3 rings (SSSR count). The molecule has 134 valence electrons. The SMILES string of the molecule is CN(CCSc1ccccc1)C(=O)c1cn(C[C@H]2CCCNC2)nn1. The van der Waals surface area contributed by atoms with E-state index < -0.39 is 0 Å². The highest BCUT2D eigenvalue weighted by molar-refractivity contribution is 7.99. The van der Waals surface area contributed by atoms with E-state index in [1.54, 1.807) is 27.5 Å². The number of amides is 1. The number of nitrogens with zero attached hydrogens (tertiary/aromatic N) is 4. The molecule has 1 fully saturated rings. The maximum absolute atomic E-state index is 12.5. The Kier molecular flexibility index (Phi) is 6.47. The first kappa shape index (κ1) is 17.9. The van der Waals surface area contributed by atoms with E-state index in [-0.39, 0.29) is 5.91 Å². The maximum atomic E-state index is 12.5. The van der Waals surface area contributed by atoms with Gasteiger partial charge in [0.25, 0.3) is 5.91 Å². The van der Waals surface area contributed by atoms with Crippen LogP contribution in [0.2, 0.25) is 0 Å². The zero-order valence-electron chi connectivity index (χ0n) is 14.6. The number of rotatable bonds is 7. The Labute approximate surface area is 153 Å². The van der Waals surface area contributed by atoms with E-state index in [0.717, 1.165) is 25.4 Å². The van der Waals surface area contributed by atoms with Crippen LogP contribution in [-0.4, -0.2) is 58.2 Å². The van der Waals surface area contributed by atoms with Gasteiger partial charge in [-0.05, 0) is 44.0 Å². The van der Waals surface area contributed by atoms with Gasteiger partial charge in [-0.2, -0.15) is 0 Å². The molecule has 0 saturated carbocycles. The van der Waals surface area contributed by atoms with Gasteiger partial charge in [-0.15, -0.1) is 16.9 Å². The Balaban J connectivity index is 1.46. The third-order valence-corrected chi connectivity index (χ3v) is 5.38. The van der Waals surface area contributed by atoms with Gasteiger partial charge in [0.2, 0.25) is 0 Å². The van der Waals surface area contributed by atoms with E-state index in [2.05, 4.69) is 27.8 Å². The lowest BCUT2D eigenvalue weighted by Crippen LogP contribution is -2.32. The topological polar surface area (TPSA) is 63.1 Å². The van der Waals surface area contributed by atoms with E-state index in [9.17, 15) is 4.79 Å². The minimum absolute atomic E-state index is 0.0679. The van der Waals surface area contributed by atoms with Crippen LogP contribution < -0.4 is 5.32 Å². The first-order chi connectivity index (χ1) is 12.2. The smallest absolute Gasteiger partial charge is 0.275 e. The van der Waals surface area contributed by atoms with Crippen LogP contribution in [0.5, 0.6) is 0 Å². The number of carbonyl (C=O) groups excluding carboxylic acids is 1. The zero-order valence-corrected chi connectivity index (χ0v) is 15.4. The predicted octanol–water partition coefficient (Wildman–Crippen LogP) is 2.14. The second-order valence-electron chi connectivity index (χ2n) is 6.43.